The van der Waals surface area contributed by atoms with Crippen molar-refractivity contribution in [1.29, 1.82) is 0 Å². The quantitative estimate of drug-likeness (QED) is 0.555. The zero-order valence-electron chi connectivity index (χ0n) is 11.9. The van der Waals surface area contributed by atoms with E-state index >= 15 is 0 Å². The first kappa shape index (κ1) is 15.2. The Kier molecular flexibility index (Phi) is 5.07. The van der Waals surface area contributed by atoms with E-state index in [0.717, 1.165) is 0 Å². The Morgan fingerprint density at radius 2 is 2.33 bits per heavy atom. The smallest absolute Gasteiger partial charge is 0.313 e. The number of esters is 1. The number of rotatable bonds is 5. The summed E-state index contributed by atoms with van der Waals surface area (Å²) in [5.74, 6) is -0.276. The van der Waals surface area contributed by atoms with Crippen LogP contribution in [0.1, 0.15) is 6.92 Å². The van der Waals surface area contributed by atoms with Crippen LogP contribution in [0.25, 0.3) is 0 Å². The van der Waals surface area contributed by atoms with Gasteiger partial charge in [0.15, 0.2) is 0 Å². The minimum Gasteiger partial charge on any atom is -0.508 e. The van der Waals surface area contributed by atoms with Crippen molar-refractivity contribution in [3.8, 4) is 11.5 Å². The molecule has 0 spiro atoms. The second-order valence-corrected chi connectivity index (χ2v) is 4.40. The van der Waals surface area contributed by atoms with Crippen molar-refractivity contribution < 1.29 is 19.4 Å². The average Bonchev–Trinajstić information content (AvgIpc) is 2.94. The molecule has 2 atom stereocenters. The molecule has 8 nitrogen and oxygen atoms in total. The van der Waals surface area contributed by atoms with Crippen LogP contribution in [0.2, 0.25) is 0 Å². The fraction of sp³-hybridized carbons (Fsp3) is 0.462. The van der Waals surface area contributed by atoms with Crippen molar-refractivity contribution >= 4 is 11.7 Å². The number of azo groups is 1. The van der Waals surface area contributed by atoms with Crippen LogP contribution in [0.3, 0.4) is 0 Å². The zero-order chi connectivity index (χ0) is 15.2. The van der Waals surface area contributed by atoms with Gasteiger partial charge in [-0.2, -0.15) is 10.2 Å². The molecule has 0 aromatic heterocycles. The van der Waals surface area contributed by atoms with Crippen LogP contribution in [0.4, 0.5) is 5.69 Å². The van der Waals surface area contributed by atoms with Gasteiger partial charge in [0, 0.05) is 12.6 Å². The summed E-state index contributed by atoms with van der Waals surface area (Å²) >= 11 is 0. The maximum Gasteiger partial charge on any atom is 0.313 e. The fourth-order valence-electron chi connectivity index (χ4n) is 1.93. The Bertz CT molecular complexity index is 535. The lowest BCUT2D eigenvalue weighted by atomic mass is 10.1. The number of carbonyl (C=O) groups excluding carboxylic acids is 1. The minimum atomic E-state index is -0.512. The molecule has 0 saturated carbocycles. The van der Waals surface area contributed by atoms with E-state index in [4.69, 9.17) is 9.47 Å². The van der Waals surface area contributed by atoms with Crippen LogP contribution in [0, 0.1) is 5.92 Å². The van der Waals surface area contributed by atoms with Crippen molar-refractivity contribution in [3.63, 3.8) is 0 Å². The molecule has 21 heavy (non-hydrogen) atoms. The molecule has 0 bridgehead atoms. The predicted molar refractivity (Wildman–Crippen MR) is 74.2 cm³/mol. The minimum absolute atomic E-state index is 0.0795. The second-order valence-electron chi connectivity index (χ2n) is 4.40. The van der Waals surface area contributed by atoms with Gasteiger partial charge in [-0.15, -0.1) is 0 Å². The second kappa shape index (κ2) is 7.00. The van der Waals surface area contributed by atoms with Gasteiger partial charge >= 0.3 is 5.97 Å². The normalized spacial score (nSPS) is 21.6. The Hall–Kier alpha value is -2.19. The van der Waals surface area contributed by atoms with Crippen LogP contribution in [0.5, 0.6) is 11.5 Å². The van der Waals surface area contributed by atoms with Gasteiger partial charge in [0.1, 0.15) is 29.3 Å². The number of ether oxygens (including phenoxy) is 2. The topological polar surface area (TPSA) is 105 Å². The van der Waals surface area contributed by atoms with Crippen molar-refractivity contribution in [2.45, 2.75) is 13.1 Å². The highest BCUT2D eigenvalue weighted by atomic mass is 16.5. The maximum atomic E-state index is 11.8. The lowest BCUT2D eigenvalue weighted by Gasteiger charge is -2.12. The van der Waals surface area contributed by atoms with E-state index in [1.807, 2.05) is 0 Å². The third-order valence-electron chi connectivity index (χ3n) is 3.00. The number of benzene rings is 1. The van der Waals surface area contributed by atoms with Gasteiger partial charge in [-0.1, -0.05) is 0 Å². The van der Waals surface area contributed by atoms with Gasteiger partial charge in [-0.05, 0) is 19.1 Å². The third kappa shape index (κ3) is 3.67. The number of hydrogen-bond acceptors (Lipinski definition) is 8. The lowest BCUT2D eigenvalue weighted by Crippen LogP contribution is -2.32. The van der Waals surface area contributed by atoms with Crippen LogP contribution in [-0.4, -0.2) is 37.5 Å². The molecule has 0 aliphatic carbocycles. The van der Waals surface area contributed by atoms with Gasteiger partial charge in [0.25, 0.3) is 0 Å². The Morgan fingerprint density at radius 1 is 1.52 bits per heavy atom. The van der Waals surface area contributed by atoms with Gasteiger partial charge in [0.05, 0.1) is 13.7 Å². The SMILES string of the molecule is CCOC(=O)C1CNNC1N=Nc1ccc(O)cc1OC. The molecular weight excluding hydrogens is 276 g/mol. The van der Waals surface area contributed by atoms with Crippen LogP contribution in [-0.2, 0) is 9.53 Å². The number of carbonyl (C=O) groups is 1. The number of hydrazine groups is 1. The van der Waals surface area contributed by atoms with E-state index < -0.39 is 12.1 Å². The van der Waals surface area contributed by atoms with Crippen molar-refractivity contribution in [2.75, 3.05) is 20.3 Å². The highest BCUT2D eigenvalue weighted by Crippen LogP contribution is 2.31. The largest absolute Gasteiger partial charge is 0.508 e. The Labute approximate surface area is 122 Å². The van der Waals surface area contributed by atoms with E-state index in [0.29, 0.717) is 24.6 Å². The molecule has 1 aromatic rings. The van der Waals surface area contributed by atoms with Crippen molar-refractivity contribution in [3.05, 3.63) is 18.2 Å². The fourth-order valence-corrected chi connectivity index (χ4v) is 1.93. The summed E-state index contributed by atoms with van der Waals surface area (Å²) in [5, 5.41) is 17.6. The zero-order valence-corrected chi connectivity index (χ0v) is 11.9. The molecule has 114 valence electrons. The predicted octanol–water partition coefficient (Wildman–Crippen LogP) is 1.10. The number of phenolic OH excluding ortho intramolecular Hbond substituents is 1. The maximum absolute atomic E-state index is 11.8. The molecule has 2 unspecified atom stereocenters. The van der Waals surface area contributed by atoms with Crippen LogP contribution >= 0.6 is 0 Å². The molecule has 0 amide bonds. The molecule has 1 heterocycles. The average molecular weight is 294 g/mol. The molecule has 1 aliphatic heterocycles. The summed E-state index contributed by atoms with van der Waals surface area (Å²) in [6, 6.07) is 4.51. The van der Waals surface area contributed by atoms with Crippen molar-refractivity contribution in [1.82, 2.24) is 10.9 Å². The first-order chi connectivity index (χ1) is 10.2. The molecular formula is C13H18N4O4. The number of hydrogen-bond donors (Lipinski definition) is 3. The molecule has 2 rings (SSSR count). The van der Waals surface area contributed by atoms with Gasteiger partial charge < -0.3 is 14.6 Å². The Morgan fingerprint density at radius 3 is 3.05 bits per heavy atom. The third-order valence-corrected chi connectivity index (χ3v) is 3.00. The van der Waals surface area contributed by atoms with E-state index in [1.54, 1.807) is 13.0 Å². The molecule has 1 saturated heterocycles. The van der Waals surface area contributed by atoms with Crippen LogP contribution < -0.4 is 15.6 Å². The van der Waals surface area contributed by atoms with Crippen molar-refractivity contribution in [2.24, 2.45) is 16.1 Å². The number of nitrogens with one attached hydrogen (secondary N) is 2. The van der Waals surface area contributed by atoms with E-state index in [-0.39, 0.29) is 11.7 Å². The summed E-state index contributed by atoms with van der Waals surface area (Å²) < 4.78 is 10.1. The summed E-state index contributed by atoms with van der Waals surface area (Å²) in [6.45, 7) is 2.51. The van der Waals surface area contributed by atoms with E-state index in [9.17, 15) is 9.90 Å². The van der Waals surface area contributed by atoms with E-state index in [2.05, 4.69) is 21.1 Å². The summed E-state index contributed by atoms with van der Waals surface area (Å²) in [4.78, 5) is 11.8. The highest BCUT2D eigenvalue weighted by molar-refractivity contribution is 5.73. The number of phenols is 1. The standard InChI is InChI=1S/C13H18N4O4/c1-3-21-13(19)9-7-14-16-12(9)17-15-10-5-4-8(18)6-11(10)20-2/h4-6,9,12,14,16,18H,3,7H2,1-2H3. The Balaban J connectivity index is 2.11. The van der Waals surface area contributed by atoms with Gasteiger partial charge in [-0.25, -0.2) is 5.43 Å². The monoisotopic (exact) mass is 294 g/mol. The molecule has 8 heteroatoms. The molecule has 1 fully saturated rings. The summed E-state index contributed by atoms with van der Waals surface area (Å²) in [5.41, 5.74) is 6.19. The van der Waals surface area contributed by atoms with Crippen LogP contribution in [0.15, 0.2) is 28.4 Å². The first-order valence-corrected chi connectivity index (χ1v) is 6.58. The molecule has 1 aliphatic rings. The summed E-state index contributed by atoms with van der Waals surface area (Å²) in [7, 11) is 1.48. The molecule has 0 radical (unpaired) electrons. The highest BCUT2D eigenvalue weighted by Gasteiger charge is 2.34. The van der Waals surface area contributed by atoms with Gasteiger partial charge in [-0.3, -0.25) is 10.2 Å². The van der Waals surface area contributed by atoms with Gasteiger partial charge in [0.2, 0.25) is 0 Å². The molecule has 1 aromatic carbocycles. The number of nitrogens with zero attached hydrogens (tertiary/aromatic N) is 2. The van der Waals surface area contributed by atoms with E-state index in [1.165, 1.54) is 19.2 Å². The number of aromatic hydroxyl groups is 1. The lowest BCUT2D eigenvalue weighted by molar-refractivity contribution is -0.147. The summed E-state index contributed by atoms with van der Waals surface area (Å²) in [6.07, 6.45) is -0.512. The number of methoxy groups -OCH3 is 1. The first-order valence-electron chi connectivity index (χ1n) is 6.58. The molecule has 3 N–H and O–H groups in total.